The summed E-state index contributed by atoms with van der Waals surface area (Å²) in [6.45, 7) is 0. The number of nitrogens with zero attached hydrogens (tertiary/aromatic N) is 4. The Morgan fingerprint density at radius 2 is 1.59 bits per heavy atom. The highest BCUT2D eigenvalue weighted by Gasteiger charge is 2.30. The Bertz CT molecular complexity index is 1450. The smallest absolute Gasteiger partial charge is 0.339 e. The molecule has 0 aliphatic heterocycles. The van der Waals surface area contributed by atoms with Crippen LogP contribution in [0.25, 0.3) is 10.8 Å². The predicted octanol–water partition coefficient (Wildman–Crippen LogP) is 3.72. The van der Waals surface area contributed by atoms with Crippen molar-refractivity contribution in [2.24, 2.45) is 10.2 Å². The van der Waals surface area contributed by atoms with Crippen molar-refractivity contribution in [2.45, 2.75) is 4.90 Å². The van der Waals surface area contributed by atoms with Gasteiger partial charge in [0.2, 0.25) is 0 Å². The molecule has 0 fully saturated rings. The predicted molar refractivity (Wildman–Crippen MR) is 106 cm³/mol. The van der Waals surface area contributed by atoms with E-state index < -0.39 is 64.9 Å². The van der Waals surface area contributed by atoms with Gasteiger partial charge in [0.25, 0.3) is 15.8 Å². The van der Waals surface area contributed by atoms with E-state index in [2.05, 4.69) is 10.2 Å². The normalized spacial score (nSPS) is 11.7. The third kappa shape index (κ3) is 4.05. The van der Waals surface area contributed by atoms with Gasteiger partial charge in [-0.05, 0) is 11.5 Å². The van der Waals surface area contributed by atoms with Crippen LogP contribution in [0.1, 0.15) is 10.4 Å². The second kappa shape index (κ2) is 7.97. The number of phenols is 1. The number of nitro groups is 2. The molecule has 0 atom stereocenters. The molecule has 0 saturated carbocycles. The molecule has 0 heterocycles. The number of hydrogen-bond acceptors (Lipinski definition) is 10. The first-order valence-electron chi connectivity index (χ1n) is 8.26. The number of aromatic carboxylic acids is 1. The highest BCUT2D eigenvalue weighted by Crippen LogP contribution is 2.42. The van der Waals surface area contributed by atoms with Crippen LogP contribution < -0.4 is 0 Å². The third-order valence-corrected chi connectivity index (χ3v) is 5.07. The average Bonchev–Trinajstić information content (AvgIpc) is 2.71. The maximum atomic E-state index is 11.7. The summed E-state index contributed by atoms with van der Waals surface area (Å²) in [5.41, 5.74) is -4.29. The molecule has 14 nitrogen and oxygen atoms in total. The van der Waals surface area contributed by atoms with Crippen molar-refractivity contribution in [2.75, 3.05) is 0 Å². The maximum absolute atomic E-state index is 11.7. The highest BCUT2D eigenvalue weighted by molar-refractivity contribution is 7.86. The van der Waals surface area contributed by atoms with Crippen LogP contribution in [0.2, 0.25) is 0 Å². The van der Waals surface area contributed by atoms with Crippen LogP contribution in [0.15, 0.2) is 57.6 Å². The molecular formula is C17H10N4O10S. The lowest BCUT2D eigenvalue weighted by Crippen LogP contribution is -2.03. The number of carboxylic acids is 1. The minimum Gasteiger partial charge on any atom is -0.505 e. The zero-order chi connectivity index (χ0) is 23.8. The average molecular weight is 462 g/mol. The largest absolute Gasteiger partial charge is 0.505 e. The van der Waals surface area contributed by atoms with Gasteiger partial charge in [0.15, 0.2) is 11.4 Å². The Hall–Kier alpha value is -4.50. The number of aromatic hydroxyl groups is 1. The van der Waals surface area contributed by atoms with Crippen LogP contribution in [0.4, 0.5) is 22.7 Å². The summed E-state index contributed by atoms with van der Waals surface area (Å²) in [6, 6.07) is 7.88. The van der Waals surface area contributed by atoms with E-state index in [1.807, 2.05) is 0 Å². The number of non-ortho nitro benzene ring substituents is 1. The zero-order valence-electron chi connectivity index (χ0n) is 15.4. The summed E-state index contributed by atoms with van der Waals surface area (Å²) >= 11 is 0. The molecule has 0 spiro atoms. The SMILES string of the molecule is O=C(O)c1cc2ccccc2c(N=Nc2c([N+](=O)[O-])cc([N+](=O)[O-])cc2S(=O)(=O)O)c1O. The van der Waals surface area contributed by atoms with Gasteiger partial charge in [-0.2, -0.15) is 8.42 Å². The van der Waals surface area contributed by atoms with E-state index in [1.165, 1.54) is 18.2 Å². The minimum atomic E-state index is -5.24. The summed E-state index contributed by atoms with van der Waals surface area (Å²) in [5, 5.41) is 49.5. The first-order valence-corrected chi connectivity index (χ1v) is 9.70. The monoisotopic (exact) mass is 462 g/mol. The van der Waals surface area contributed by atoms with Crippen LogP contribution in [0.5, 0.6) is 5.75 Å². The van der Waals surface area contributed by atoms with E-state index in [1.54, 1.807) is 6.07 Å². The van der Waals surface area contributed by atoms with Gasteiger partial charge in [-0.25, -0.2) is 4.79 Å². The van der Waals surface area contributed by atoms with Crippen molar-refractivity contribution in [3.63, 3.8) is 0 Å². The Kier molecular flexibility index (Phi) is 5.53. The van der Waals surface area contributed by atoms with Gasteiger partial charge in [-0.15, -0.1) is 10.2 Å². The number of hydrogen-bond donors (Lipinski definition) is 3. The molecular weight excluding hydrogens is 452 g/mol. The molecule has 164 valence electrons. The molecule has 3 aromatic rings. The molecule has 0 radical (unpaired) electrons. The summed E-state index contributed by atoms with van der Waals surface area (Å²) < 4.78 is 32.9. The molecule has 0 unspecified atom stereocenters. The van der Waals surface area contributed by atoms with Crippen molar-refractivity contribution in [3.8, 4) is 5.75 Å². The third-order valence-electron chi connectivity index (χ3n) is 4.20. The number of fused-ring (bicyclic) bond motifs is 1. The van der Waals surface area contributed by atoms with Crippen molar-refractivity contribution >= 4 is 49.6 Å². The Labute approximate surface area is 177 Å². The Balaban J connectivity index is 2.37. The molecule has 0 aliphatic rings. The van der Waals surface area contributed by atoms with Gasteiger partial charge in [0.1, 0.15) is 16.1 Å². The molecule has 15 heteroatoms. The maximum Gasteiger partial charge on any atom is 0.339 e. The lowest BCUT2D eigenvalue weighted by Gasteiger charge is -2.08. The van der Waals surface area contributed by atoms with Gasteiger partial charge < -0.3 is 10.2 Å². The summed E-state index contributed by atoms with van der Waals surface area (Å²) in [6.07, 6.45) is 0. The van der Waals surface area contributed by atoms with Crippen LogP contribution in [0, 0.1) is 20.2 Å². The molecule has 3 N–H and O–H groups in total. The number of rotatable bonds is 6. The van der Waals surface area contributed by atoms with Crippen LogP contribution in [-0.2, 0) is 10.1 Å². The Morgan fingerprint density at radius 1 is 0.969 bits per heavy atom. The van der Waals surface area contributed by atoms with Crippen molar-refractivity contribution in [3.05, 3.63) is 68.3 Å². The quantitative estimate of drug-likeness (QED) is 0.208. The highest BCUT2D eigenvalue weighted by atomic mass is 32.2. The van der Waals surface area contributed by atoms with E-state index in [9.17, 15) is 48.2 Å². The number of carboxylic acid groups (broad SMARTS) is 1. The summed E-state index contributed by atoms with van der Waals surface area (Å²) in [5.74, 6) is -2.39. The molecule has 0 aromatic heterocycles. The van der Waals surface area contributed by atoms with E-state index in [0.717, 1.165) is 6.07 Å². The topological polar surface area (TPSA) is 223 Å². The van der Waals surface area contributed by atoms with Crippen LogP contribution in [-0.4, -0.2) is 39.0 Å². The van der Waals surface area contributed by atoms with Gasteiger partial charge in [0, 0.05) is 11.5 Å². The number of azo groups is 1. The van der Waals surface area contributed by atoms with Gasteiger partial charge in [-0.3, -0.25) is 24.8 Å². The number of carbonyl (C=O) groups is 1. The van der Waals surface area contributed by atoms with Crippen molar-refractivity contribution < 1.29 is 37.8 Å². The molecule has 0 saturated heterocycles. The fourth-order valence-electron chi connectivity index (χ4n) is 2.80. The van der Waals surface area contributed by atoms with Gasteiger partial charge >= 0.3 is 11.7 Å². The summed E-state index contributed by atoms with van der Waals surface area (Å²) in [4.78, 5) is 30.2. The Morgan fingerprint density at radius 3 is 2.16 bits per heavy atom. The number of benzene rings is 3. The van der Waals surface area contributed by atoms with E-state index >= 15 is 0 Å². The van der Waals surface area contributed by atoms with Crippen LogP contribution >= 0.6 is 0 Å². The van der Waals surface area contributed by atoms with Crippen LogP contribution in [0.3, 0.4) is 0 Å². The molecule has 0 aliphatic carbocycles. The fraction of sp³-hybridized carbons (Fsp3) is 0. The van der Waals surface area contributed by atoms with Crippen molar-refractivity contribution in [1.29, 1.82) is 0 Å². The minimum absolute atomic E-state index is 0.164. The summed E-state index contributed by atoms with van der Waals surface area (Å²) in [7, 11) is -5.24. The van der Waals surface area contributed by atoms with Gasteiger partial charge in [0.05, 0.1) is 15.9 Å². The standard InChI is InChI=1S/C17H10N4O10S/c22-16-11(17(23)24)5-8-3-1-2-4-10(8)14(16)18-19-15-12(21(27)28)6-9(20(25)26)7-13(15)32(29,30)31/h1-7,22H,(H,23,24)(H,29,30,31). The fourth-order valence-corrected chi connectivity index (χ4v) is 3.46. The molecule has 3 aromatic carbocycles. The zero-order valence-corrected chi connectivity index (χ0v) is 16.3. The van der Waals surface area contributed by atoms with E-state index in [-0.39, 0.29) is 5.39 Å². The lowest BCUT2D eigenvalue weighted by molar-refractivity contribution is -0.394. The second-order valence-corrected chi connectivity index (χ2v) is 7.54. The first kappa shape index (κ1) is 22.2. The second-order valence-electron chi connectivity index (χ2n) is 6.15. The van der Waals surface area contributed by atoms with Gasteiger partial charge in [-0.1, -0.05) is 24.3 Å². The lowest BCUT2D eigenvalue weighted by atomic mass is 10.0. The number of nitro benzene ring substituents is 2. The van der Waals surface area contributed by atoms with Crippen molar-refractivity contribution in [1.82, 2.24) is 0 Å². The molecule has 3 rings (SSSR count). The molecule has 0 amide bonds. The molecule has 32 heavy (non-hydrogen) atoms. The molecule has 0 bridgehead atoms. The first-order chi connectivity index (χ1) is 14.9. The van der Waals surface area contributed by atoms with E-state index in [0.29, 0.717) is 17.5 Å². The van der Waals surface area contributed by atoms with E-state index in [4.69, 9.17) is 0 Å².